The van der Waals surface area contributed by atoms with Gasteiger partial charge >= 0.3 is 5.97 Å². The van der Waals surface area contributed by atoms with Crippen LogP contribution in [0, 0.1) is 0 Å². The number of carbonyl (C=O) groups is 2. The molecule has 1 aliphatic heterocycles. The zero-order chi connectivity index (χ0) is 16.8. The third-order valence-corrected chi connectivity index (χ3v) is 3.53. The van der Waals surface area contributed by atoms with Gasteiger partial charge in [-0.25, -0.2) is 0 Å². The maximum absolute atomic E-state index is 12.2. The molecule has 0 saturated carbocycles. The summed E-state index contributed by atoms with van der Waals surface area (Å²) >= 11 is 0. The number of fused-ring (bicyclic) bond motifs is 1. The summed E-state index contributed by atoms with van der Waals surface area (Å²) in [5, 5.41) is 0. The number of pyridine rings is 1. The summed E-state index contributed by atoms with van der Waals surface area (Å²) < 4.78 is 16.0. The van der Waals surface area contributed by atoms with Crippen LogP contribution in [-0.2, 0) is 16.1 Å². The molecule has 2 aromatic rings. The van der Waals surface area contributed by atoms with Gasteiger partial charge in [-0.15, -0.1) is 0 Å². The Bertz CT molecular complexity index is 729. The van der Waals surface area contributed by atoms with Crippen LogP contribution >= 0.6 is 0 Å². The molecule has 24 heavy (non-hydrogen) atoms. The molecule has 1 aromatic heterocycles. The van der Waals surface area contributed by atoms with E-state index in [0.29, 0.717) is 36.0 Å². The van der Waals surface area contributed by atoms with E-state index in [1.165, 1.54) is 0 Å². The van der Waals surface area contributed by atoms with Gasteiger partial charge in [0.2, 0.25) is 0 Å². The van der Waals surface area contributed by atoms with Crippen LogP contribution in [0.3, 0.4) is 0 Å². The largest absolute Gasteiger partial charge is 0.486 e. The molecule has 0 N–H and O–H groups in total. The molecule has 0 spiro atoms. The number of ether oxygens (including phenoxy) is 3. The minimum Gasteiger partial charge on any atom is -0.486 e. The van der Waals surface area contributed by atoms with Gasteiger partial charge in [-0.3, -0.25) is 14.6 Å². The minimum atomic E-state index is -0.424. The molecular formula is C18H17NO5. The van der Waals surface area contributed by atoms with Crippen LogP contribution in [0.15, 0.2) is 42.6 Å². The maximum Gasteiger partial charge on any atom is 0.306 e. The number of hydrogen-bond donors (Lipinski definition) is 0. The second kappa shape index (κ2) is 7.59. The number of esters is 1. The second-order valence-corrected chi connectivity index (χ2v) is 5.26. The fourth-order valence-electron chi connectivity index (χ4n) is 2.29. The molecule has 0 atom stereocenters. The van der Waals surface area contributed by atoms with Gasteiger partial charge in [0.25, 0.3) is 0 Å². The number of aromatic nitrogens is 1. The first-order chi connectivity index (χ1) is 11.7. The monoisotopic (exact) mass is 327 g/mol. The topological polar surface area (TPSA) is 74.7 Å². The first kappa shape index (κ1) is 16.0. The van der Waals surface area contributed by atoms with Gasteiger partial charge in [-0.05, 0) is 30.3 Å². The van der Waals surface area contributed by atoms with Crippen molar-refractivity contribution in [1.29, 1.82) is 0 Å². The number of ketones is 1. The molecule has 0 saturated heterocycles. The molecule has 124 valence electrons. The van der Waals surface area contributed by atoms with E-state index in [4.69, 9.17) is 14.2 Å². The average molecular weight is 327 g/mol. The van der Waals surface area contributed by atoms with Crippen molar-refractivity contribution < 1.29 is 23.8 Å². The van der Waals surface area contributed by atoms with Gasteiger partial charge in [-0.2, -0.15) is 0 Å². The van der Waals surface area contributed by atoms with E-state index in [2.05, 4.69) is 4.98 Å². The van der Waals surface area contributed by atoms with Gasteiger partial charge in [0.1, 0.15) is 19.8 Å². The van der Waals surface area contributed by atoms with Gasteiger partial charge in [-0.1, -0.05) is 6.07 Å². The van der Waals surface area contributed by atoms with Crippen LogP contribution in [0.25, 0.3) is 0 Å². The summed E-state index contributed by atoms with van der Waals surface area (Å²) in [7, 11) is 0. The van der Waals surface area contributed by atoms with E-state index >= 15 is 0 Å². The molecule has 0 radical (unpaired) electrons. The van der Waals surface area contributed by atoms with Gasteiger partial charge in [0.15, 0.2) is 17.3 Å². The first-order valence-corrected chi connectivity index (χ1v) is 7.71. The summed E-state index contributed by atoms with van der Waals surface area (Å²) in [5.74, 6) is 0.630. The van der Waals surface area contributed by atoms with E-state index < -0.39 is 5.97 Å². The van der Waals surface area contributed by atoms with Crippen molar-refractivity contribution >= 4 is 11.8 Å². The van der Waals surface area contributed by atoms with E-state index in [1.54, 1.807) is 36.5 Å². The Hall–Kier alpha value is -2.89. The van der Waals surface area contributed by atoms with Gasteiger partial charge in [0.05, 0.1) is 12.1 Å². The highest BCUT2D eigenvalue weighted by molar-refractivity contribution is 5.98. The Kier molecular flexibility index (Phi) is 5.05. The Morgan fingerprint density at radius 2 is 1.88 bits per heavy atom. The van der Waals surface area contributed by atoms with Crippen molar-refractivity contribution in [2.45, 2.75) is 19.4 Å². The van der Waals surface area contributed by atoms with E-state index in [0.717, 1.165) is 0 Å². The number of carbonyl (C=O) groups excluding carboxylic acids is 2. The number of rotatable bonds is 6. The standard InChI is InChI=1S/C18H17NO5/c20-15(13-4-6-16-17(11-13)23-10-9-22-16)5-7-18(21)24-12-14-3-1-2-8-19-14/h1-4,6,8,11H,5,7,9-10,12H2. The van der Waals surface area contributed by atoms with Gasteiger partial charge < -0.3 is 14.2 Å². The van der Waals surface area contributed by atoms with Crippen LogP contribution in [-0.4, -0.2) is 30.0 Å². The zero-order valence-electron chi connectivity index (χ0n) is 13.1. The highest BCUT2D eigenvalue weighted by atomic mass is 16.6. The SMILES string of the molecule is O=C(CCC(=O)c1ccc2c(c1)OCCO2)OCc1ccccn1. The van der Waals surface area contributed by atoms with Crippen molar-refractivity contribution in [3.63, 3.8) is 0 Å². The lowest BCUT2D eigenvalue weighted by Gasteiger charge is -2.18. The Labute approximate surface area is 139 Å². The third kappa shape index (κ3) is 4.10. The molecule has 0 bridgehead atoms. The zero-order valence-corrected chi connectivity index (χ0v) is 13.1. The summed E-state index contributed by atoms with van der Waals surface area (Å²) in [6.07, 6.45) is 1.75. The quantitative estimate of drug-likeness (QED) is 0.599. The molecule has 6 nitrogen and oxygen atoms in total. The van der Waals surface area contributed by atoms with Crippen molar-refractivity contribution in [2.24, 2.45) is 0 Å². The van der Waals surface area contributed by atoms with Crippen molar-refractivity contribution in [3.05, 3.63) is 53.9 Å². The highest BCUT2D eigenvalue weighted by Crippen LogP contribution is 2.31. The number of nitrogens with zero attached hydrogens (tertiary/aromatic N) is 1. The van der Waals surface area contributed by atoms with Crippen LogP contribution in [0.2, 0.25) is 0 Å². The van der Waals surface area contributed by atoms with Crippen molar-refractivity contribution in [3.8, 4) is 11.5 Å². The Morgan fingerprint density at radius 1 is 1.04 bits per heavy atom. The smallest absolute Gasteiger partial charge is 0.306 e. The summed E-state index contributed by atoms with van der Waals surface area (Å²) in [6.45, 7) is 1.07. The highest BCUT2D eigenvalue weighted by Gasteiger charge is 2.16. The Balaban J connectivity index is 1.49. The second-order valence-electron chi connectivity index (χ2n) is 5.26. The lowest BCUT2D eigenvalue weighted by molar-refractivity contribution is -0.145. The molecule has 0 fully saturated rings. The summed E-state index contributed by atoms with van der Waals surface area (Å²) in [4.78, 5) is 28.0. The normalized spacial score (nSPS) is 12.5. The predicted molar refractivity (Wildman–Crippen MR) is 85.0 cm³/mol. The fraction of sp³-hybridized carbons (Fsp3) is 0.278. The van der Waals surface area contributed by atoms with Crippen molar-refractivity contribution in [2.75, 3.05) is 13.2 Å². The maximum atomic E-state index is 12.2. The molecule has 0 amide bonds. The molecular weight excluding hydrogens is 310 g/mol. The number of hydrogen-bond acceptors (Lipinski definition) is 6. The van der Waals surface area contributed by atoms with Crippen molar-refractivity contribution in [1.82, 2.24) is 4.98 Å². The molecule has 0 aliphatic carbocycles. The van der Waals surface area contributed by atoms with E-state index in [1.807, 2.05) is 6.07 Å². The van der Waals surface area contributed by atoms with Gasteiger partial charge in [0, 0.05) is 18.2 Å². The van der Waals surface area contributed by atoms with Crippen LogP contribution < -0.4 is 9.47 Å². The lowest BCUT2D eigenvalue weighted by atomic mass is 10.1. The third-order valence-electron chi connectivity index (χ3n) is 3.53. The summed E-state index contributed by atoms with van der Waals surface area (Å²) in [6, 6.07) is 10.4. The average Bonchev–Trinajstić information content (AvgIpc) is 2.65. The molecule has 2 heterocycles. The molecule has 3 rings (SSSR count). The number of Topliss-reactive ketones (excluding diaryl/α,β-unsaturated/α-hetero) is 1. The lowest BCUT2D eigenvalue weighted by Crippen LogP contribution is -2.16. The van der Waals surface area contributed by atoms with Crippen LogP contribution in [0.1, 0.15) is 28.9 Å². The molecule has 1 aromatic carbocycles. The molecule has 0 unspecified atom stereocenters. The van der Waals surface area contributed by atoms with Crippen LogP contribution in [0.4, 0.5) is 0 Å². The summed E-state index contributed by atoms with van der Waals surface area (Å²) in [5.41, 5.74) is 1.17. The van der Waals surface area contributed by atoms with E-state index in [-0.39, 0.29) is 25.2 Å². The number of benzene rings is 1. The minimum absolute atomic E-state index is 0.0279. The fourth-order valence-corrected chi connectivity index (χ4v) is 2.29. The Morgan fingerprint density at radius 3 is 2.67 bits per heavy atom. The van der Waals surface area contributed by atoms with E-state index in [9.17, 15) is 9.59 Å². The molecule has 6 heteroatoms. The first-order valence-electron chi connectivity index (χ1n) is 7.71. The molecule has 1 aliphatic rings. The predicted octanol–water partition coefficient (Wildman–Crippen LogP) is 2.56. The van der Waals surface area contributed by atoms with Crippen LogP contribution in [0.5, 0.6) is 11.5 Å².